The van der Waals surface area contributed by atoms with Crippen LogP contribution in [0.25, 0.3) is 0 Å². The van der Waals surface area contributed by atoms with Gasteiger partial charge in [0.1, 0.15) is 5.75 Å². The molecule has 1 aliphatic heterocycles. The number of ether oxygens (including phenoxy) is 1. The van der Waals surface area contributed by atoms with Gasteiger partial charge in [-0.25, -0.2) is 0 Å². The molecular formula is C13H17NO2. The molecule has 3 heteroatoms. The first-order valence-corrected chi connectivity index (χ1v) is 5.63. The van der Waals surface area contributed by atoms with Crippen LogP contribution in [0, 0.1) is 5.92 Å². The molecule has 1 heterocycles. The van der Waals surface area contributed by atoms with Crippen LogP contribution in [0.4, 0.5) is 0 Å². The van der Waals surface area contributed by atoms with Crippen molar-refractivity contribution < 1.29 is 9.53 Å². The van der Waals surface area contributed by atoms with Crippen molar-refractivity contribution in [3.63, 3.8) is 0 Å². The smallest absolute Gasteiger partial charge is 0.225 e. The number of methoxy groups -OCH3 is 1. The van der Waals surface area contributed by atoms with Crippen molar-refractivity contribution in [1.29, 1.82) is 0 Å². The first kappa shape index (κ1) is 11.0. The van der Waals surface area contributed by atoms with Crippen molar-refractivity contribution in [2.45, 2.75) is 19.9 Å². The van der Waals surface area contributed by atoms with Crippen LogP contribution in [-0.4, -0.2) is 24.5 Å². The van der Waals surface area contributed by atoms with Gasteiger partial charge in [0.05, 0.1) is 7.11 Å². The molecule has 1 aromatic rings. The Morgan fingerprint density at radius 1 is 1.44 bits per heavy atom. The maximum absolute atomic E-state index is 11.8. The number of rotatable bonds is 3. The lowest BCUT2D eigenvalue weighted by molar-refractivity contribution is -0.131. The Morgan fingerprint density at radius 3 is 2.81 bits per heavy atom. The summed E-state index contributed by atoms with van der Waals surface area (Å²) >= 11 is 0. The molecule has 0 saturated carbocycles. The van der Waals surface area contributed by atoms with Crippen LogP contribution in [0.5, 0.6) is 5.75 Å². The average Bonchev–Trinajstić information content (AvgIpc) is 2.62. The highest BCUT2D eigenvalue weighted by molar-refractivity contribution is 5.80. The largest absolute Gasteiger partial charge is 0.496 e. The zero-order valence-corrected chi connectivity index (χ0v) is 9.77. The molecule has 1 aliphatic rings. The molecule has 0 N–H and O–H groups in total. The van der Waals surface area contributed by atoms with Gasteiger partial charge in [-0.1, -0.05) is 25.1 Å². The van der Waals surface area contributed by atoms with E-state index in [1.807, 2.05) is 36.1 Å². The third-order valence-electron chi connectivity index (χ3n) is 3.12. The molecule has 2 rings (SSSR count). The number of hydrogen-bond donors (Lipinski definition) is 0. The SMILES string of the molecule is COc1ccccc1CN1CCC(C)C1=O. The third kappa shape index (κ3) is 2.03. The average molecular weight is 219 g/mol. The van der Waals surface area contributed by atoms with Crippen LogP contribution in [-0.2, 0) is 11.3 Å². The Balaban J connectivity index is 2.12. The van der Waals surface area contributed by atoms with E-state index < -0.39 is 0 Å². The summed E-state index contributed by atoms with van der Waals surface area (Å²) in [5.41, 5.74) is 1.08. The molecular weight excluding hydrogens is 202 g/mol. The first-order valence-electron chi connectivity index (χ1n) is 5.63. The van der Waals surface area contributed by atoms with Gasteiger partial charge in [0, 0.05) is 24.6 Å². The summed E-state index contributed by atoms with van der Waals surface area (Å²) in [5.74, 6) is 1.29. The molecule has 1 amide bonds. The van der Waals surface area contributed by atoms with E-state index in [1.165, 1.54) is 0 Å². The fourth-order valence-corrected chi connectivity index (χ4v) is 2.09. The van der Waals surface area contributed by atoms with Crippen molar-refractivity contribution in [2.75, 3.05) is 13.7 Å². The lowest BCUT2D eigenvalue weighted by Crippen LogP contribution is -2.26. The molecule has 3 nitrogen and oxygen atoms in total. The Hall–Kier alpha value is -1.51. The maximum atomic E-state index is 11.8. The predicted molar refractivity (Wildman–Crippen MR) is 62.2 cm³/mol. The fourth-order valence-electron chi connectivity index (χ4n) is 2.09. The first-order chi connectivity index (χ1) is 7.72. The molecule has 0 spiro atoms. The number of nitrogens with zero attached hydrogens (tertiary/aromatic N) is 1. The molecule has 1 fully saturated rings. The van der Waals surface area contributed by atoms with E-state index in [-0.39, 0.29) is 11.8 Å². The zero-order valence-electron chi connectivity index (χ0n) is 9.77. The van der Waals surface area contributed by atoms with Gasteiger partial charge in [0.15, 0.2) is 0 Å². The highest BCUT2D eigenvalue weighted by Crippen LogP contribution is 2.24. The summed E-state index contributed by atoms with van der Waals surface area (Å²) in [6.45, 7) is 3.51. The van der Waals surface area contributed by atoms with Gasteiger partial charge in [0.2, 0.25) is 5.91 Å². The van der Waals surface area contributed by atoms with E-state index in [2.05, 4.69) is 0 Å². The van der Waals surface area contributed by atoms with E-state index >= 15 is 0 Å². The van der Waals surface area contributed by atoms with Gasteiger partial charge in [0.25, 0.3) is 0 Å². The van der Waals surface area contributed by atoms with Crippen molar-refractivity contribution in [3.8, 4) is 5.75 Å². The van der Waals surface area contributed by atoms with Crippen LogP contribution in [0.1, 0.15) is 18.9 Å². The monoisotopic (exact) mass is 219 g/mol. The van der Waals surface area contributed by atoms with E-state index in [1.54, 1.807) is 7.11 Å². The van der Waals surface area contributed by atoms with Crippen molar-refractivity contribution in [2.24, 2.45) is 5.92 Å². The van der Waals surface area contributed by atoms with E-state index in [0.717, 1.165) is 24.3 Å². The normalized spacial score (nSPS) is 20.2. The van der Waals surface area contributed by atoms with Gasteiger partial charge in [-0.3, -0.25) is 4.79 Å². The molecule has 1 aromatic carbocycles. The number of benzene rings is 1. The van der Waals surface area contributed by atoms with Gasteiger partial charge in [-0.2, -0.15) is 0 Å². The molecule has 1 atom stereocenters. The second kappa shape index (κ2) is 4.56. The Bertz CT molecular complexity index is 389. The molecule has 0 aromatic heterocycles. The quantitative estimate of drug-likeness (QED) is 0.778. The zero-order chi connectivity index (χ0) is 11.5. The molecule has 0 aliphatic carbocycles. The molecule has 0 radical (unpaired) electrons. The fraction of sp³-hybridized carbons (Fsp3) is 0.462. The summed E-state index contributed by atoms with van der Waals surface area (Å²) in [5, 5.41) is 0. The molecule has 1 saturated heterocycles. The minimum atomic E-state index is 0.176. The maximum Gasteiger partial charge on any atom is 0.225 e. The number of para-hydroxylation sites is 1. The second-order valence-electron chi connectivity index (χ2n) is 4.26. The van der Waals surface area contributed by atoms with Crippen LogP contribution >= 0.6 is 0 Å². The standard InChI is InChI=1S/C13H17NO2/c1-10-7-8-14(13(10)15)9-11-5-3-4-6-12(11)16-2/h3-6,10H,7-9H2,1-2H3. The number of carbonyl (C=O) groups excluding carboxylic acids is 1. The lowest BCUT2D eigenvalue weighted by Gasteiger charge is -2.17. The van der Waals surface area contributed by atoms with E-state index in [0.29, 0.717) is 6.54 Å². The van der Waals surface area contributed by atoms with Crippen LogP contribution in [0.2, 0.25) is 0 Å². The number of likely N-dealkylation sites (tertiary alicyclic amines) is 1. The molecule has 1 unspecified atom stereocenters. The van der Waals surface area contributed by atoms with Gasteiger partial charge >= 0.3 is 0 Å². The second-order valence-corrected chi connectivity index (χ2v) is 4.26. The van der Waals surface area contributed by atoms with Crippen molar-refractivity contribution >= 4 is 5.91 Å². The summed E-state index contributed by atoms with van der Waals surface area (Å²) in [7, 11) is 1.66. The number of carbonyl (C=O) groups is 1. The molecule has 0 bridgehead atoms. The van der Waals surface area contributed by atoms with Gasteiger partial charge < -0.3 is 9.64 Å². The number of amides is 1. The highest BCUT2D eigenvalue weighted by atomic mass is 16.5. The van der Waals surface area contributed by atoms with E-state index in [9.17, 15) is 4.79 Å². The van der Waals surface area contributed by atoms with Gasteiger partial charge in [-0.05, 0) is 12.5 Å². The van der Waals surface area contributed by atoms with E-state index in [4.69, 9.17) is 4.74 Å². The predicted octanol–water partition coefficient (Wildman–Crippen LogP) is 2.06. The Morgan fingerprint density at radius 2 is 2.19 bits per heavy atom. The van der Waals surface area contributed by atoms with Crippen LogP contribution in [0.3, 0.4) is 0 Å². The highest BCUT2D eigenvalue weighted by Gasteiger charge is 2.28. The molecule has 86 valence electrons. The van der Waals surface area contributed by atoms with Crippen molar-refractivity contribution in [1.82, 2.24) is 4.90 Å². The van der Waals surface area contributed by atoms with Gasteiger partial charge in [-0.15, -0.1) is 0 Å². The summed E-state index contributed by atoms with van der Waals surface area (Å²) in [6.07, 6.45) is 0.966. The minimum absolute atomic E-state index is 0.176. The topological polar surface area (TPSA) is 29.5 Å². The lowest BCUT2D eigenvalue weighted by atomic mass is 10.1. The third-order valence-corrected chi connectivity index (χ3v) is 3.12. The molecule has 16 heavy (non-hydrogen) atoms. The minimum Gasteiger partial charge on any atom is -0.496 e. The summed E-state index contributed by atoms with van der Waals surface area (Å²) in [4.78, 5) is 13.7. The van der Waals surface area contributed by atoms with Crippen LogP contribution in [0.15, 0.2) is 24.3 Å². The Kier molecular flexibility index (Phi) is 3.13. The number of hydrogen-bond acceptors (Lipinski definition) is 2. The van der Waals surface area contributed by atoms with Crippen LogP contribution < -0.4 is 4.74 Å². The Labute approximate surface area is 96.0 Å². The summed E-state index contributed by atoms with van der Waals surface area (Å²) < 4.78 is 5.28. The summed E-state index contributed by atoms with van der Waals surface area (Å²) in [6, 6.07) is 7.85. The van der Waals surface area contributed by atoms with Crippen molar-refractivity contribution in [3.05, 3.63) is 29.8 Å².